The van der Waals surface area contributed by atoms with Crippen LogP contribution in [0.1, 0.15) is 6.42 Å². The molecule has 0 saturated heterocycles. The number of terminal acetylenes is 1. The molecule has 1 N–H and O–H groups in total. The van der Waals surface area contributed by atoms with Crippen molar-refractivity contribution in [3.63, 3.8) is 0 Å². The van der Waals surface area contributed by atoms with Gasteiger partial charge >= 0.3 is 0 Å². The molecule has 0 saturated carbocycles. The zero-order chi connectivity index (χ0) is 7.11. The van der Waals surface area contributed by atoms with Crippen molar-refractivity contribution in [3.05, 3.63) is 0 Å². The summed E-state index contributed by atoms with van der Waals surface area (Å²) in [6, 6.07) is 0. The molecule has 0 rings (SSSR count). The molecule has 0 unspecified atom stereocenters. The standard InChI is InChI=1S/C6H7NO2/c1-2-3-4-7-6(9)5-8/h1,5H,3-4H2,(H,7,9). The van der Waals surface area contributed by atoms with Gasteiger partial charge in [0.1, 0.15) is 0 Å². The molecular formula is C6H7NO2. The van der Waals surface area contributed by atoms with Crippen LogP contribution in [0.25, 0.3) is 0 Å². The lowest BCUT2D eigenvalue weighted by Gasteiger charge is -1.92. The highest BCUT2D eigenvalue weighted by Gasteiger charge is 1.92. The van der Waals surface area contributed by atoms with Crippen molar-refractivity contribution in [2.24, 2.45) is 0 Å². The van der Waals surface area contributed by atoms with Gasteiger partial charge in [-0.05, 0) is 0 Å². The van der Waals surface area contributed by atoms with Gasteiger partial charge in [0.25, 0.3) is 5.91 Å². The van der Waals surface area contributed by atoms with Crippen molar-refractivity contribution in [2.45, 2.75) is 6.42 Å². The third kappa shape index (κ3) is 4.56. The molecule has 0 fully saturated rings. The van der Waals surface area contributed by atoms with Crippen LogP contribution in [0, 0.1) is 12.3 Å². The predicted octanol–water partition coefficient (Wildman–Crippen LogP) is -0.675. The van der Waals surface area contributed by atoms with Gasteiger partial charge in [-0.15, -0.1) is 12.3 Å². The fraction of sp³-hybridized carbons (Fsp3) is 0.333. The molecule has 0 aromatic rings. The first-order valence-electron chi connectivity index (χ1n) is 2.47. The Bertz CT molecular complexity index is 146. The van der Waals surface area contributed by atoms with E-state index in [1.165, 1.54) is 0 Å². The Labute approximate surface area is 53.4 Å². The summed E-state index contributed by atoms with van der Waals surface area (Å²) in [6.07, 6.45) is 5.54. The Morgan fingerprint density at radius 2 is 2.44 bits per heavy atom. The van der Waals surface area contributed by atoms with E-state index < -0.39 is 5.91 Å². The molecule has 48 valence electrons. The smallest absolute Gasteiger partial charge is 0.284 e. The summed E-state index contributed by atoms with van der Waals surface area (Å²) in [4.78, 5) is 19.8. The molecule has 0 aromatic heterocycles. The number of rotatable bonds is 3. The molecule has 0 aliphatic rings. The topological polar surface area (TPSA) is 46.2 Å². The third-order valence-corrected chi connectivity index (χ3v) is 0.676. The molecule has 0 bridgehead atoms. The first-order valence-corrected chi connectivity index (χ1v) is 2.47. The van der Waals surface area contributed by atoms with Crippen LogP contribution in [-0.2, 0) is 9.59 Å². The second kappa shape index (κ2) is 4.85. The normalized spacial score (nSPS) is 7.44. The summed E-state index contributed by atoms with van der Waals surface area (Å²) in [5.74, 6) is 1.70. The third-order valence-electron chi connectivity index (χ3n) is 0.676. The molecule has 0 aliphatic carbocycles. The van der Waals surface area contributed by atoms with Crippen molar-refractivity contribution in [2.75, 3.05) is 6.54 Å². The highest BCUT2D eigenvalue weighted by molar-refractivity contribution is 6.23. The largest absolute Gasteiger partial charge is 0.349 e. The van der Waals surface area contributed by atoms with Gasteiger partial charge in [-0.3, -0.25) is 9.59 Å². The van der Waals surface area contributed by atoms with E-state index in [2.05, 4.69) is 11.2 Å². The second-order valence-electron chi connectivity index (χ2n) is 1.36. The maximum atomic E-state index is 10.1. The molecule has 0 heterocycles. The van der Waals surface area contributed by atoms with Crippen LogP contribution >= 0.6 is 0 Å². The average Bonchev–Trinajstić information content (AvgIpc) is 1.89. The zero-order valence-electron chi connectivity index (χ0n) is 4.89. The fourth-order valence-electron chi connectivity index (χ4n) is 0.300. The first-order chi connectivity index (χ1) is 4.31. The minimum Gasteiger partial charge on any atom is -0.349 e. The van der Waals surface area contributed by atoms with Gasteiger partial charge in [0.2, 0.25) is 6.29 Å². The van der Waals surface area contributed by atoms with E-state index in [4.69, 9.17) is 6.42 Å². The number of hydrogen-bond donors (Lipinski definition) is 1. The van der Waals surface area contributed by atoms with Crippen LogP contribution in [0.15, 0.2) is 0 Å². The quantitative estimate of drug-likeness (QED) is 0.235. The highest BCUT2D eigenvalue weighted by atomic mass is 16.2. The van der Waals surface area contributed by atoms with Crippen molar-refractivity contribution in [1.82, 2.24) is 5.32 Å². The van der Waals surface area contributed by atoms with Crippen molar-refractivity contribution >= 4 is 12.2 Å². The monoisotopic (exact) mass is 125 g/mol. The van der Waals surface area contributed by atoms with Gasteiger partial charge in [-0.2, -0.15) is 0 Å². The van der Waals surface area contributed by atoms with Gasteiger partial charge in [-0.1, -0.05) is 0 Å². The minimum atomic E-state index is -0.620. The van der Waals surface area contributed by atoms with E-state index in [1.807, 2.05) is 0 Å². The van der Waals surface area contributed by atoms with Crippen LogP contribution in [0.3, 0.4) is 0 Å². The fourth-order valence-corrected chi connectivity index (χ4v) is 0.300. The zero-order valence-corrected chi connectivity index (χ0v) is 4.89. The van der Waals surface area contributed by atoms with Crippen molar-refractivity contribution in [1.29, 1.82) is 0 Å². The van der Waals surface area contributed by atoms with Gasteiger partial charge < -0.3 is 5.32 Å². The predicted molar refractivity (Wildman–Crippen MR) is 32.5 cm³/mol. The number of nitrogens with one attached hydrogen (secondary N) is 1. The maximum absolute atomic E-state index is 10.1. The Balaban J connectivity index is 3.19. The van der Waals surface area contributed by atoms with Crippen LogP contribution in [0.4, 0.5) is 0 Å². The van der Waals surface area contributed by atoms with Crippen molar-refractivity contribution in [3.8, 4) is 12.3 Å². The highest BCUT2D eigenvalue weighted by Crippen LogP contribution is 1.67. The second-order valence-corrected chi connectivity index (χ2v) is 1.36. The van der Waals surface area contributed by atoms with Crippen LogP contribution in [0.2, 0.25) is 0 Å². The van der Waals surface area contributed by atoms with E-state index in [0.717, 1.165) is 0 Å². The number of hydrogen-bond acceptors (Lipinski definition) is 2. The molecule has 0 aliphatic heterocycles. The SMILES string of the molecule is C#CCCNC(=O)C=O. The number of carbonyl (C=O) groups excluding carboxylic acids is 2. The van der Waals surface area contributed by atoms with E-state index in [1.54, 1.807) is 0 Å². The summed E-state index contributed by atoms with van der Waals surface area (Å²) < 4.78 is 0. The molecular weight excluding hydrogens is 118 g/mol. The van der Waals surface area contributed by atoms with Gasteiger partial charge in [0.15, 0.2) is 0 Å². The van der Waals surface area contributed by atoms with E-state index in [9.17, 15) is 9.59 Å². The summed E-state index contributed by atoms with van der Waals surface area (Å²) >= 11 is 0. The Morgan fingerprint density at radius 1 is 1.78 bits per heavy atom. The average molecular weight is 125 g/mol. The van der Waals surface area contributed by atoms with Gasteiger partial charge in [-0.25, -0.2) is 0 Å². The summed E-state index contributed by atoms with van der Waals surface area (Å²) in [6.45, 7) is 0.369. The number of aldehydes is 1. The molecule has 3 nitrogen and oxygen atoms in total. The molecule has 0 radical (unpaired) electrons. The van der Waals surface area contributed by atoms with E-state index in [-0.39, 0.29) is 6.29 Å². The Morgan fingerprint density at radius 3 is 2.89 bits per heavy atom. The molecule has 0 spiro atoms. The summed E-state index contributed by atoms with van der Waals surface area (Å²) in [7, 11) is 0. The summed E-state index contributed by atoms with van der Waals surface area (Å²) in [5, 5.41) is 2.28. The van der Waals surface area contributed by atoms with Gasteiger partial charge in [0.05, 0.1) is 0 Å². The number of amides is 1. The van der Waals surface area contributed by atoms with E-state index >= 15 is 0 Å². The Kier molecular flexibility index (Phi) is 4.15. The molecule has 1 amide bonds. The van der Waals surface area contributed by atoms with Crippen LogP contribution < -0.4 is 5.32 Å². The lowest BCUT2D eigenvalue weighted by atomic mass is 10.4. The van der Waals surface area contributed by atoms with Crippen LogP contribution in [-0.4, -0.2) is 18.7 Å². The maximum Gasteiger partial charge on any atom is 0.284 e. The van der Waals surface area contributed by atoms with Crippen molar-refractivity contribution < 1.29 is 9.59 Å². The van der Waals surface area contributed by atoms with Gasteiger partial charge in [0, 0.05) is 13.0 Å². The van der Waals surface area contributed by atoms with E-state index in [0.29, 0.717) is 13.0 Å². The molecule has 3 heteroatoms. The number of carbonyl (C=O) groups is 2. The lowest BCUT2D eigenvalue weighted by Crippen LogP contribution is -2.24. The molecule has 0 atom stereocenters. The lowest BCUT2D eigenvalue weighted by molar-refractivity contribution is -0.131. The molecule has 9 heavy (non-hydrogen) atoms. The first kappa shape index (κ1) is 7.70. The molecule has 0 aromatic carbocycles. The van der Waals surface area contributed by atoms with Crippen LogP contribution in [0.5, 0.6) is 0 Å². The summed E-state index contributed by atoms with van der Waals surface area (Å²) in [5.41, 5.74) is 0. The Hall–Kier alpha value is -1.30. The minimum absolute atomic E-state index is 0.219.